The number of thiocarbonyl (C=S) groups is 1. The molecule has 7 heteroatoms. The fourth-order valence-corrected chi connectivity index (χ4v) is 3.66. The van der Waals surface area contributed by atoms with Crippen LogP contribution in [0.5, 0.6) is 0 Å². The van der Waals surface area contributed by atoms with E-state index in [0.717, 1.165) is 31.5 Å². The van der Waals surface area contributed by atoms with Gasteiger partial charge in [0.25, 0.3) is 5.91 Å². The van der Waals surface area contributed by atoms with E-state index in [-0.39, 0.29) is 23.3 Å². The van der Waals surface area contributed by atoms with Gasteiger partial charge in [0.1, 0.15) is 0 Å². The molecule has 0 aliphatic carbocycles. The molecule has 0 aromatic heterocycles. The molecule has 1 saturated heterocycles. The van der Waals surface area contributed by atoms with Crippen molar-refractivity contribution >= 4 is 46.4 Å². The molecule has 29 heavy (non-hydrogen) atoms. The summed E-state index contributed by atoms with van der Waals surface area (Å²) in [5.41, 5.74) is 2.13. The Morgan fingerprint density at radius 1 is 1.00 bits per heavy atom. The Hall–Kier alpha value is -2.44. The van der Waals surface area contributed by atoms with E-state index < -0.39 is 0 Å². The van der Waals surface area contributed by atoms with Crippen molar-refractivity contribution in [2.75, 3.05) is 18.4 Å². The topological polar surface area (TPSA) is 61.4 Å². The summed E-state index contributed by atoms with van der Waals surface area (Å²) in [5.74, 6) is -0.185. The normalized spacial score (nSPS) is 14.0. The number of nitrogens with zero attached hydrogens (tertiary/aromatic N) is 1. The molecule has 152 valence electrons. The van der Waals surface area contributed by atoms with Crippen LogP contribution < -0.4 is 10.6 Å². The van der Waals surface area contributed by atoms with Crippen LogP contribution in [0.2, 0.25) is 5.02 Å². The standard InChI is InChI=1S/C22H24ClN3O2S/c23-18-10-8-16(9-11-18)14-20(27)25-22(29)24-19-7-5-6-17(15-19)21(28)26-12-3-1-2-4-13-26/h5-11,15H,1-4,12-14H2,(H2,24,25,27,29). The van der Waals surface area contributed by atoms with E-state index in [4.69, 9.17) is 23.8 Å². The van der Waals surface area contributed by atoms with Gasteiger partial charge in [0.05, 0.1) is 6.42 Å². The fraction of sp³-hybridized carbons (Fsp3) is 0.318. The van der Waals surface area contributed by atoms with Crippen molar-refractivity contribution in [1.82, 2.24) is 10.2 Å². The molecule has 0 bridgehead atoms. The van der Waals surface area contributed by atoms with E-state index in [1.807, 2.05) is 17.0 Å². The zero-order valence-corrected chi connectivity index (χ0v) is 17.7. The van der Waals surface area contributed by atoms with Gasteiger partial charge in [-0.15, -0.1) is 0 Å². The maximum absolute atomic E-state index is 12.8. The van der Waals surface area contributed by atoms with Gasteiger partial charge in [0.2, 0.25) is 5.91 Å². The first-order valence-electron chi connectivity index (χ1n) is 9.76. The van der Waals surface area contributed by atoms with Crippen molar-refractivity contribution in [1.29, 1.82) is 0 Å². The second-order valence-electron chi connectivity index (χ2n) is 7.09. The van der Waals surface area contributed by atoms with Gasteiger partial charge in [-0.1, -0.05) is 42.6 Å². The molecule has 1 heterocycles. The Kier molecular flexibility index (Phi) is 7.61. The Morgan fingerprint density at radius 2 is 1.69 bits per heavy atom. The highest BCUT2D eigenvalue weighted by molar-refractivity contribution is 7.80. The molecule has 1 aliphatic rings. The van der Waals surface area contributed by atoms with Crippen LogP contribution in [-0.4, -0.2) is 34.9 Å². The smallest absolute Gasteiger partial charge is 0.253 e. The highest BCUT2D eigenvalue weighted by Gasteiger charge is 2.17. The Balaban J connectivity index is 1.56. The monoisotopic (exact) mass is 429 g/mol. The molecule has 0 unspecified atom stereocenters. The van der Waals surface area contributed by atoms with Crippen LogP contribution in [0.4, 0.5) is 5.69 Å². The highest BCUT2D eigenvalue weighted by atomic mass is 35.5. The van der Waals surface area contributed by atoms with Crippen molar-refractivity contribution in [2.24, 2.45) is 0 Å². The molecule has 1 fully saturated rings. The van der Waals surface area contributed by atoms with E-state index in [2.05, 4.69) is 10.6 Å². The Bertz CT molecular complexity index is 878. The summed E-state index contributed by atoms with van der Waals surface area (Å²) in [7, 11) is 0. The number of hydrogen-bond acceptors (Lipinski definition) is 3. The van der Waals surface area contributed by atoms with E-state index >= 15 is 0 Å². The molecule has 0 spiro atoms. The lowest BCUT2D eigenvalue weighted by Crippen LogP contribution is -2.35. The lowest BCUT2D eigenvalue weighted by Gasteiger charge is -2.20. The van der Waals surface area contributed by atoms with Crippen molar-refractivity contribution in [3.05, 3.63) is 64.7 Å². The lowest BCUT2D eigenvalue weighted by atomic mass is 10.1. The van der Waals surface area contributed by atoms with Gasteiger partial charge >= 0.3 is 0 Å². The molecule has 5 nitrogen and oxygen atoms in total. The van der Waals surface area contributed by atoms with Gasteiger partial charge < -0.3 is 15.5 Å². The Morgan fingerprint density at radius 3 is 2.38 bits per heavy atom. The number of likely N-dealkylation sites (tertiary alicyclic amines) is 1. The van der Waals surface area contributed by atoms with E-state index in [0.29, 0.717) is 16.3 Å². The summed E-state index contributed by atoms with van der Waals surface area (Å²) >= 11 is 11.1. The highest BCUT2D eigenvalue weighted by Crippen LogP contribution is 2.16. The zero-order valence-electron chi connectivity index (χ0n) is 16.1. The van der Waals surface area contributed by atoms with Crippen molar-refractivity contribution in [2.45, 2.75) is 32.1 Å². The summed E-state index contributed by atoms with van der Waals surface area (Å²) in [6, 6.07) is 14.3. The van der Waals surface area contributed by atoms with Crippen LogP contribution in [0.3, 0.4) is 0 Å². The van der Waals surface area contributed by atoms with Crippen molar-refractivity contribution in [3.8, 4) is 0 Å². The number of carbonyl (C=O) groups is 2. The van der Waals surface area contributed by atoms with Gasteiger partial charge in [0, 0.05) is 29.4 Å². The molecule has 2 N–H and O–H groups in total. The summed E-state index contributed by atoms with van der Waals surface area (Å²) in [6.45, 7) is 1.60. The maximum atomic E-state index is 12.8. The van der Waals surface area contributed by atoms with Gasteiger partial charge in [0.15, 0.2) is 5.11 Å². The summed E-state index contributed by atoms with van der Waals surface area (Å²) < 4.78 is 0. The first-order chi connectivity index (χ1) is 14.0. The maximum Gasteiger partial charge on any atom is 0.253 e. The quantitative estimate of drug-likeness (QED) is 0.706. The summed E-state index contributed by atoms with van der Waals surface area (Å²) in [6.07, 6.45) is 4.65. The van der Waals surface area contributed by atoms with Crippen LogP contribution in [0.1, 0.15) is 41.6 Å². The molecule has 0 radical (unpaired) electrons. The summed E-state index contributed by atoms with van der Waals surface area (Å²) in [5, 5.41) is 6.47. The van der Waals surface area contributed by atoms with Crippen LogP contribution in [-0.2, 0) is 11.2 Å². The number of hydrogen-bond donors (Lipinski definition) is 2. The van der Waals surface area contributed by atoms with Crippen molar-refractivity contribution < 1.29 is 9.59 Å². The largest absolute Gasteiger partial charge is 0.339 e. The molecule has 2 aromatic carbocycles. The zero-order chi connectivity index (χ0) is 20.6. The van der Waals surface area contributed by atoms with Crippen LogP contribution in [0, 0.1) is 0 Å². The molecule has 1 aliphatic heterocycles. The van der Waals surface area contributed by atoms with Gasteiger partial charge in [-0.05, 0) is 61.0 Å². The second kappa shape index (κ2) is 10.4. The Labute approximate surface area is 181 Å². The fourth-order valence-electron chi connectivity index (χ4n) is 3.31. The molecule has 2 aromatic rings. The van der Waals surface area contributed by atoms with Gasteiger partial charge in [-0.3, -0.25) is 9.59 Å². The van der Waals surface area contributed by atoms with E-state index in [1.54, 1.807) is 36.4 Å². The predicted octanol–water partition coefficient (Wildman–Crippen LogP) is 4.41. The number of anilines is 1. The first kappa shape index (κ1) is 21.3. The minimum atomic E-state index is -0.221. The predicted molar refractivity (Wildman–Crippen MR) is 120 cm³/mol. The average molecular weight is 430 g/mol. The molecule has 0 atom stereocenters. The number of halogens is 1. The minimum absolute atomic E-state index is 0.0354. The van der Waals surface area contributed by atoms with E-state index in [1.165, 1.54) is 12.8 Å². The number of nitrogens with one attached hydrogen (secondary N) is 2. The molecular weight excluding hydrogens is 406 g/mol. The van der Waals surface area contributed by atoms with Crippen molar-refractivity contribution in [3.63, 3.8) is 0 Å². The second-order valence-corrected chi connectivity index (χ2v) is 7.94. The third-order valence-corrected chi connectivity index (χ3v) is 5.25. The third kappa shape index (κ3) is 6.54. The van der Waals surface area contributed by atoms with Crippen LogP contribution in [0.15, 0.2) is 48.5 Å². The van der Waals surface area contributed by atoms with Crippen LogP contribution >= 0.6 is 23.8 Å². The number of rotatable bonds is 4. The average Bonchev–Trinajstić information content (AvgIpc) is 2.98. The minimum Gasteiger partial charge on any atom is -0.339 e. The number of carbonyl (C=O) groups excluding carboxylic acids is 2. The lowest BCUT2D eigenvalue weighted by molar-refractivity contribution is -0.119. The number of benzene rings is 2. The third-order valence-electron chi connectivity index (χ3n) is 4.79. The first-order valence-corrected chi connectivity index (χ1v) is 10.5. The molecular formula is C22H24ClN3O2S. The molecule has 3 rings (SSSR count). The van der Waals surface area contributed by atoms with E-state index in [9.17, 15) is 9.59 Å². The number of amides is 2. The summed E-state index contributed by atoms with van der Waals surface area (Å²) in [4.78, 5) is 26.9. The van der Waals surface area contributed by atoms with Gasteiger partial charge in [-0.25, -0.2) is 0 Å². The van der Waals surface area contributed by atoms with Crippen LogP contribution in [0.25, 0.3) is 0 Å². The molecule has 0 saturated carbocycles. The van der Waals surface area contributed by atoms with Gasteiger partial charge in [-0.2, -0.15) is 0 Å². The SMILES string of the molecule is O=C(Cc1ccc(Cl)cc1)NC(=S)Nc1cccc(C(=O)N2CCCCCC2)c1. The molecule has 2 amide bonds.